The number of anilines is 1. The Morgan fingerprint density at radius 1 is 1.02 bits per heavy atom. The maximum atomic E-state index is 17.5. The summed E-state index contributed by atoms with van der Waals surface area (Å²) < 4.78 is 50.8. The number of pyridine rings is 1. The van der Waals surface area contributed by atoms with E-state index in [1.54, 1.807) is 12.1 Å². The van der Waals surface area contributed by atoms with E-state index >= 15 is 8.78 Å². The van der Waals surface area contributed by atoms with Gasteiger partial charge in [-0.2, -0.15) is 0 Å². The van der Waals surface area contributed by atoms with Crippen LogP contribution in [0.1, 0.15) is 73.1 Å². The number of fused-ring (bicyclic) bond motifs is 3. The lowest BCUT2D eigenvalue weighted by Gasteiger charge is -2.38. The maximum Gasteiger partial charge on any atom is 0.190 e. The monoisotopic (exact) mass is 730 g/mol. The van der Waals surface area contributed by atoms with Crippen molar-refractivity contribution in [1.29, 1.82) is 0 Å². The van der Waals surface area contributed by atoms with Crippen LogP contribution in [0.3, 0.4) is 0 Å². The van der Waals surface area contributed by atoms with E-state index in [1.807, 2.05) is 19.9 Å². The zero-order valence-corrected chi connectivity index (χ0v) is 32.9. The van der Waals surface area contributed by atoms with Gasteiger partial charge in [0.2, 0.25) is 0 Å². The van der Waals surface area contributed by atoms with Gasteiger partial charge in [0.25, 0.3) is 0 Å². The van der Waals surface area contributed by atoms with Crippen LogP contribution in [-0.4, -0.2) is 68.5 Å². The van der Waals surface area contributed by atoms with Crippen molar-refractivity contribution in [2.24, 2.45) is 0 Å². The Balaban J connectivity index is 1.72. The average molecular weight is 731 g/mol. The minimum atomic E-state index is -2.25. The average Bonchev–Trinajstić information content (AvgIpc) is 3.38. The van der Waals surface area contributed by atoms with Gasteiger partial charge in [0, 0.05) is 31.2 Å². The van der Waals surface area contributed by atoms with Crippen LogP contribution < -0.4 is 9.64 Å². The summed E-state index contributed by atoms with van der Waals surface area (Å²) in [5.41, 5.74) is 7.04. The smallest absolute Gasteiger partial charge is 0.190 e. The summed E-state index contributed by atoms with van der Waals surface area (Å²) in [6, 6.07) is 6.55. The van der Waals surface area contributed by atoms with E-state index in [-0.39, 0.29) is 29.6 Å². The summed E-state index contributed by atoms with van der Waals surface area (Å²) >= 11 is 1.46. The minimum absolute atomic E-state index is 0.0156. The van der Waals surface area contributed by atoms with Crippen molar-refractivity contribution in [2.75, 3.05) is 44.3 Å². The van der Waals surface area contributed by atoms with E-state index in [0.717, 1.165) is 17.7 Å². The Morgan fingerprint density at radius 3 is 2.45 bits per heavy atom. The molecule has 0 spiro atoms. The molecule has 4 aromatic rings. The fourth-order valence-corrected chi connectivity index (χ4v) is 13.9. The van der Waals surface area contributed by atoms with Crippen LogP contribution in [0.2, 0.25) is 16.6 Å². The third-order valence-corrected chi connectivity index (χ3v) is 17.4. The van der Waals surface area contributed by atoms with Gasteiger partial charge in [-0.15, -0.1) is 5.54 Å². The molecule has 2 aromatic heterocycles. The molecule has 6 rings (SSSR count). The number of hydrogen-bond acceptors (Lipinski definition) is 8. The van der Waals surface area contributed by atoms with Gasteiger partial charge in [0.1, 0.15) is 36.7 Å². The molecule has 1 fully saturated rings. The van der Waals surface area contributed by atoms with Crippen LogP contribution >= 0.6 is 11.8 Å². The lowest BCUT2D eigenvalue weighted by Crippen LogP contribution is -2.43. The number of allylic oxidation sites excluding steroid dienone is 1. The predicted molar refractivity (Wildman–Crippen MR) is 207 cm³/mol. The van der Waals surface area contributed by atoms with Gasteiger partial charge in [-0.25, -0.2) is 23.7 Å². The molecule has 1 saturated heterocycles. The Hall–Kier alpha value is -3.56. The van der Waals surface area contributed by atoms with E-state index < -0.39 is 19.7 Å². The molecule has 4 heterocycles. The Morgan fingerprint density at radius 2 is 1.76 bits per heavy atom. The van der Waals surface area contributed by atoms with Gasteiger partial charge in [-0.1, -0.05) is 78.3 Å². The van der Waals surface area contributed by atoms with Crippen LogP contribution in [0.4, 0.5) is 14.6 Å². The lowest BCUT2D eigenvalue weighted by atomic mass is 9.95. The second-order valence-electron chi connectivity index (χ2n) is 14.3. The van der Waals surface area contributed by atoms with Gasteiger partial charge in [-0.3, -0.25) is 0 Å². The highest BCUT2D eigenvalue weighted by Crippen LogP contribution is 2.44. The van der Waals surface area contributed by atoms with E-state index in [1.165, 1.54) is 24.9 Å². The van der Waals surface area contributed by atoms with Gasteiger partial charge >= 0.3 is 0 Å². The molecule has 2 aliphatic rings. The number of ether oxygens (including phenoxy) is 3. The highest BCUT2D eigenvalue weighted by Gasteiger charge is 2.42. The number of methoxy groups -OCH3 is 1. The molecule has 0 aliphatic carbocycles. The molecule has 0 N–H and O–H groups in total. The summed E-state index contributed by atoms with van der Waals surface area (Å²) in [4.78, 5) is 17.1. The SMILES string of the molecule is CCSc1nc2c3c(nc(-c4cc(OCOC)cc5ccc(F)c(C#C[Si](C(C)C)(C(C)C)C(C)C)c45)c(F)c3n1)C(C)=C[C@H]1COCCCN21. The van der Waals surface area contributed by atoms with Crippen molar-refractivity contribution in [3.63, 3.8) is 0 Å². The van der Waals surface area contributed by atoms with Crippen molar-refractivity contribution in [1.82, 2.24) is 15.0 Å². The molecule has 11 heteroatoms. The zero-order valence-electron chi connectivity index (χ0n) is 31.1. The highest BCUT2D eigenvalue weighted by molar-refractivity contribution is 7.99. The first-order valence-corrected chi connectivity index (χ1v) is 21.1. The van der Waals surface area contributed by atoms with E-state index in [0.29, 0.717) is 80.5 Å². The first-order chi connectivity index (χ1) is 24.4. The first kappa shape index (κ1) is 37.2. The van der Waals surface area contributed by atoms with Gasteiger partial charge in [-0.05, 0) is 64.9 Å². The number of nitrogens with zero attached hydrogens (tertiary/aromatic N) is 4. The van der Waals surface area contributed by atoms with E-state index in [4.69, 9.17) is 29.2 Å². The normalized spacial score (nSPS) is 16.3. The molecule has 0 amide bonds. The number of halogens is 2. The number of benzene rings is 2. The number of aromatic nitrogens is 3. The van der Waals surface area contributed by atoms with E-state index in [2.05, 4.69) is 64.0 Å². The second kappa shape index (κ2) is 15.2. The third kappa shape index (κ3) is 6.76. The van der Waals surface area contributed by atoms with Gasteiger partial charge < -0.3 is 19.1 Å². The van der Waals surface area contributed by atoms with Crippen molar-refractivity contribution in [3.8, 4) is 28.5 Å². The molecule has 0 saturated carbocycles. The van der Waals surface area contributed by atoms with Crippen LogP contribution in [0.15, 0.2) is 35.5 Å². The Bertz CT molecular complexity index is 2040. The second-order valence-corrected chi connectivity index (χ2v) is 21.1. The lowest BCUT2D eigenvalue weighted by molar-refractivity contribution is 0.0512. The van der Waals surface area contributed by atoms with Crippen molar-refractivity contribution in [3.05, 3.63) is 53.2 Å². The number of rotatable bonds is 9. The van der Waals surface area contributed by atoms with Gasteiger partial charge in [0.05, 0.1) is 29.3 Å². The summed E-state index contributed by atoms with van der Waals surface area (Å²) in [5.74, 6) is 4.12. The van der Waals surface area contributed by atoms with Gasteiger partial charge in [0.15, 0.2) is 17.8 Å². The molecule has 270 valence electrons. The Kier molecular flexibility index (Phi) is 11.1. The van der Waals surface area contributed by atoms with Crippen molar-refractivity contribution in [2.45, 2.75) is 89.6 Å². The fraction of sp³-hybridized carbons (Fsp3) is 0.475. The topological polar surface area (TPSA) is 69.6 Å². The van der Waals surface area contributed by atoms with Crippen LogP contribution in [0.5, 0.6) is 5.75 Å². The molecule has 1 atom stereocenters. The van der Waals surface area contributed by atoms with E-state index in [9.17, 15) is 0 Å². The Labute approximate surface area is 305 Å². The van der Waals surface area contributed by atoms with Crippen LogP contribution in [-0.2, 0) is 9.47 Å². The highest BCUT2D eigenvalue weighted by atomic mass is 32.2. The standard InChI is InChI=1S/C40H48F2N4O3SSi/c1-10-50-40-44-38-34-36(26(8)18-28-21-48-16-11-15-46(28)39(34)45-40)43-37(35(38)42)31-20-29(49-22-47-9)19-27-12-13-32(41)30(33(27)31)14-17-51(23(2)3,24(4)5)25(6)7/h12-13,18-20,23-25,28H,10-11,15-16,21-22H2,1-9H3/t28-/m0/s1. The third-order valence-electron chi connectivity index (χ3n) is 10.4. The molecule has 0 bridgehead atoms. The molecular formula is C40H48F2N4O3SSi. The van der Waals surface area contributed by atoms with Crippen molar-refractivity contribution < 1.29 is 23.0 Å². The number of hydrogen-bond donors (Lipinski definition) is 0. The molecule has 2 aromatic carbocycles. The van der Waals surface area contributed by atoms with Crippen LogP contribution in [0, 0.1) is 23.1 Å². The summed E-state index contributed by atoms with van der Waals surface area (Å²) in [7, 11) is -0.716. The largest absolute Gasteiger partial charge is 0.468 e. The number of thioether (sulfide) groups is 1. The fourth-order valence-electron chi connectivity index (χ4n) is 8.10. The molecule has 2 aliphatic heterocycles. The summed E-state index contributed by atoms with van der Waals surface area (Å²) in [6.07, 6.45) is 2.95. The zero-order chi connectivity index (χ0) is 36.6. The maximum absolute atomic E-state index is 17.5. The van der Waals surface area contributed by atoms with Crippen molar-refractivity contribution >= 4 is 52.9 Å². The molecule has 0 unspecified atom stereocenters. The predicted octanol–water partition coefficient (Wildman–Crippen LogP) is 9.80. The molecule has 7 nitrogen and oxygen atoms in total. The first-order valence-electron chi connectivity index (χ1n) is 17.9. The van der Waals surface area contributed by atoms with Crippen LogP contribution in [0.25, 0.3) is 38.5 Å². The quantitative estimate of drug-likeness (QED) is 0.0555. The minimum Gasteiger partial charge on any atom is -0.468 e. The molecule has 0 radical (unpaired) electrons. The summed E-state index contributed by atoms with van der Waals surface area (Å²) in [5, 5.41) is 2.20. The molecule has 51 heavy (non-hydrogen) atoms. The summed E-state index contributed by atoms with van der Waals surface area (Å²) in [6.45, 7) is 19.2. The molecular weight excluding hydrogens is 683 g/mol.